The van der Waals surface area contributed by atoms with Crippen LogP contribution in [0, 0.1) is 12.7 Å². The summed E-state index contributed by atoms with van der Waals surface area (Å²) in [5, 5.41) is 2.93. The van der Waals surface area contributed by atoms with Crippen LogP contribution >= 0.6 is 0 Å². The van der Waals surface area contributed by atoms with Crippen LogP contribution in [-0.2, 0) is 9.53 Å². The summed E-state index contributed by atoms with van der Waals surface area (Å²) in [6, 6.07) is 12.7. The minimum Gasteiger partial charge on any atom is -0.463 e. The molecule has 2 aromatic rings. The van der Waals surface area contributed by atoms with E-state index in [-0.39, 0.29) is 24.1 Å². The van der Waals surface area contributed by atoms with Crippen molar-refractivity contribution in [2.75, 3.05) is 46.4 Å². The largest absolute Gasteiger partial charge is 0.463 e. The van der Waals surface area contributed by atoms with Gasteiger partial charge in [0.25, 0.3) is 5.91 Å². The van der Waals surface area contributed by atoms with Crippen molar-refractivity contribution in [3.05, 3.63) is 82.3 Å². The molecule has 8 nitrogen and oxygen atoms in total. The molecule has 2 aliphatic rings. The standard InChI is InChI=1S/C27H31FN4O4/c1-4-36-26(34)23-22(30(3)27(35)29-24(23)19-11-9-18(2)10-12-19)17-31-13-15-32(16-14-31)25(33)20-7-5-6-8-21(20)28/h5-12,24H,4,13-17H2,1-3H3,(H,29,35). The highest BCUT2D eigenvalue weighted by molar-refractivity contribution is 5.95. The van der Waals surface area contributed by atoms with Crippen molar-refractivity contribution < 1.29 is 23.5 Å². The van der Waals surface area contributed by atoms with Gasteiger partial charge in [-0.25, -0.2) is 14.0 Å². The Hall–Kier alpha value is -3.72. The molecule has 1 N–H and O–H groups in total. The monoisotopic (exact) mass is 494 g/mol. The van der Waals surface area contributed by atoms with Gasteiger partial charge in [-0.15, -0.1) is 0 Å². The number of ether oxygens (including phenoxy) is 1. The molecule has 190 valence electrons. The molecular weight excluding hydrogens is 463 g/mol. The van der Waals surface area contributed by atoms with Crippen molar-refractivity contribution in [1.29, 1.82) is 0 Å². The lowest BCUT2D eigenvalue weighted by Crippen LogP contribution is -2.53. The first-order valence-electron chi connectivity index (χ1n) is 12.1. The van der Waals surface area contributed by atoms with Crippen molar-refractivity contribution >= 4 is 17.9 Å². The lowest BCUT2D eigenvalue weighted by molar-refractivity contribution is -0.139. The molecular formula is C27H31FN4O4. The van der Waals surface area contributed by atoms with E-state index < -0.39 is 17.8 Å². The number of halogens is 1. The Kier molecular flexibility index (Phi) is 7.69. The molecule has 36 heavy (non-hydrogen) atoms. The minimum atomic E-state index is -0.632. The number of likely N-dealkylation sites (N-methyl/N-ethyl adjacent to an activating group) is 1. The van der Waals surface area contributed by atoms with E-state index in [4.69, 9.17) is 4.74 Å². The molecule has 0 bridgehead atoms. The summed E-state index contributed by atoms with van der Waals surface area (Å²) in [4.78, 5) is 43.9. The molecule has 1 atom stereocenters. The maximum absolute atomic E-state index is 14.1. The number of piperazine rings is 1. The summed E-state index contributed by atoms with van der Waals surface area (Å²) >= 11 is 0. The third-order valence-corrected chi connectivity index (χ3v) is 6.62. The lowest BCUT2D eigenvalue weighted by Gasteiger charge is -2.39. The van der Waals surface area contributed by atoms with Crippen LogP contribution in [0.2, 0.25) is 0 Å². The minimum absolute atomic E-state index is 0.0582. The number of nitrogens with zero attached hydrogens (tertiary/aromatic N) is 3. The molecule has 0 saturated carbocycles. The number of esters is 1. The highest BCUT2D eigenvalue weighted by atomic mass is 19.1. The fraction of sp³-hybridized carbons (Fsp3) is 0.370. The molecule has 9 heteroatoms. The van der Waals surface area contributed by atoms with Gasteiger partial charge >= 0.3 is 12.0 Å². The number of urea groups is 1. The van der Waals surface area contributed by atoms with Crippen LogP contribution in [0.5, 0.6) is 0 Å². The van der Waals surface area contributed by atoms with E-state index in [1.807, 2.05) is 31.2 Å². The van der Waals surface area contributed by atoms with E-state index in [2.05, 4.69) is 10.2 Å². The topological polar surface area (TPSA) is 82.2 Å². The van der Waals surface area contributed by atoms with Gasteiger partial charge in [0.05, 0.1) is 23.8 Å². The molecule has 2 heterocycles. The van der Waals surface area contributed by atoms with Gasteiger partial charge in [0.2, 0.25) is 0 Å². The second-order valence-corrected chi connectivity index (χ2v) is 8.98. The Morgan fingerprint density at radius 3 is 2.36 bits per heavy atom. The molecule has 0 aromatic heterocycles. The zero-order chi connectivity index (χ0) is 25.8. The second-order valence-electron chi connectivity index (χ2n) is 8.98. The van der Waals surface area contributed by atoms with Crippen molar-refractivity contribution in [1.82, 2.24) is 20.0 Å². The first kappa shape index (κ1) is 25.4. The normalized spacial score (nSPS) is 18.8. The van der Waals surface area contributed by atoms with Crippen LogP contribution in [0.3, 0.4) is 0 Å². The Balaban J connectivity index is 1.57. The Morgan fingerprint density at radius 2 is 1.72 bits per heavy atom. The number of aryl methyl sites for hydroxylation is 1. The molecule has 1 saturated heterocycles. The molecule has 0 radical (unpaired) electrons. The quantitative estimate of drug-likeness (QED) is 0.624. The number of benzene rings is 2. The Morgan fingerprint density at radius 1 is 1.06 bits per heavy atom. The van der Waals surface area contributed by atoms with Crippen molar-refractivity contribution in [2.45, 2.75) is 19.9 Å². The zero-order valence-corrected chi connectivity index (χ0v) is 20.8. The summed E-state index contributed by atoms with van der Waals surface area (Å²) in [7, 11) is 1.63. The first-order valence-corrected chi connectivity index (χ1v) is 12.1. The van der Waals surface area contributed by atoms with Crippen LogP contribution in [0.15, 0.2) is 59.8 Å². The van der Waals surface area contributed by atoms with Gasteiger partial charge in [0.1, 0.15) is 5.82 Å². The Bertz CT molecular complexity index is 1170. The van der Waals surface area contributed by atoms with E-state index in [0.717, 1.165) is 11.1 Å². The van der Waals surface area contributed by atoms with Gasteiger partial charge in [-0.2, -0.15) is 0 Å². The first-order chi connectivity index (χ1) is 17.3. The Labute approximate surface area is 210 Å². The van der Waals surface area contributed by atoms with Gasteiger partial charge in [-0.05, 0) is 31.5 Å². The average Bonchev–Trinajstić information content (AvgIpc) is 2.87. The lowest BCUT2D eigenvalue weighted by atomic mass is 9.93. The average molecular weight is 495 g/mol. The molecule has 2 aliphatic heterocycles. The van der Waals surface area contributed by atoms with Crippen LogP contribution in [0.25, 0.3) is 0 Å². The summed E-state index contributed by atoms with van der Waals surface area (Å²) < 4.78 is 19.5. The maximum atomic E-state index is 14.1. The van der Waals surface area contributed by atoms with Crippen molar-refractivity contribution in [3.8, 4) is 0 Å². The van der Waals surface area contributed by atoms with Gasteiger partial charge < -0.3 is 15.0 Å². The summed E-state index contributed by atoms with van der Waals surface area (Å²) in [5.74, 6) is -1.35. The number of carbonyl (C=O) groups excluding carboxylic acids is 3. The second kappa shape index (κ2) is 10.9. The van der Waals surface area contributed by atoms with Gasteiger partial charge in [0.15, 0.2) is 0 Å². The highest BCUT2D eigenvalue weighted by Gasteiger charge is 2.37. The van der Waals surface area contributed by atoms with Gasteiger partial charge in [-0.3, -0.25) is 14.6 Å². The zero-order valence-electron chi connectivity index (χ0n) is 20.8. The summed E-state index contributed by atoms with van der Waals surface area (Å²) in [6.07, 6.45) is 0. The smallest absolute Gasteiger partial charge is 0.338 e. The van der Waals surface area contributed by atoms with Crippen LogP contribution < -0.4 is 5.32 Å². The molecule has 0 aliphatic carbocycles. The third-order valence-electron chi connectivity index (χ3n) is 6.62. The molecule has 3 amide bonds. The van der Waals surface area contributed by atoms with E-state index in [0.29, 0.717) is 44.0 Å². The van der Waals surface area contributed by atoms with Crippen LogP contribution in [-0.4, -0.2) is 79.0 Å². The predicted molar refractivity (Wildman–Crippen MR) is 133 cm³/mol. The van der Waals surface area contributed by atoms with Crippen LogP contribution in [0.4, 0.5) is 9.18 Å². The molecule has 2 aromatic carbocycles. The molecule has 4 rings (SSSR count). The maximum Gasteiger partial charge on any atom is 0.338 e. The number of hydrogen-bond acceptors (Lipinski definition) is 5. The predicted octanol–water partition coefficient (Wildman–Crippen LogP) is 3.11. The fourth-order valence-electron chi connectivity index (χ4n) is 4.53. The highest BCUT2D eigenvalue weighted by Crippen LogP contribution is 2.31. The number of carbonyl (C=O) groups is 3. The molecule has 0 spiro atoms. The van der Waals surface area contributed by atoms with Crippen molar-refractivity contribution in [2.24, 2.45) is 0 Å². The summed E-state index contributed by atoms with van der Waals surface area (Å²) in [6.45, 7) is 6.12. The SMILES string of the molecule is CCOC(=O)C1=C(CN2CCN(C(=O)c3ccccc3F)CC2)N(C)C(=O)NC1c1ccc(C)cc1. The third kappa shape index (κ3) is 5.26. The van der Waals surface area contributed by atoms with E-state index in [1.54, 1.807) is 31.0 Å². The van der Waals surface area contributed by atoms with Crippen molar-refractivity contribution in [3.63, 3.8) is 0 Å². The van der Waals surface area contributed by atoms with Gasteiger partial charge in [0, 0.05) is 45.5 Å². The fourth-order valence-corrected chi connectivity index (χ4v) is 4.53. The van der Waals surface area contributed by atoms with E-state index in [9.17, 15) is 18.8 Å². The molecule has 1 fully saturated rings. The van der Waals surface area contributed by atoms with E-state index in [1.165, 1.54) is 17.0 Å². The number of rotatable bonds is 6. The number of nitrogens with one attached hydrogen (secondary N) is 1. The molecule has 1 unspecified atom stereocenters. The van der Waals surface area contributed by atoms with Crippen LogP contribution in [0.1, 0.15) is 34.5 Å². The number of hydrogen-bond donors (Lipinski definition) is 1. The number of amides is 3. The summed E-state index contributed by atoms with van der Waals surface area (Å²) in [5.41, 5.74) is 2.89. The van der Waals surface area contributed by atoms with E-state index >= 15 is 0 Å². The van der Waals surface area contributed by atoms with Gasteiger partial charge in [-0.1, -0.05) is 42.0 Å².